The second-order valence-electron chi connectivity index (χ2n) is 7.14. The molecule has 0 bridgehead atoms. The lowest BCUT2D eigenvalue weighted by Gasteiger charge is -2.10. The first-order valence-electron chi connectivity index (χ1n) is 9.36. The minimum Gasteiger partial charge on any atom is -0.369 e. The molecule has 1 atom stereocenters. The van der Waals surface area contributed by atoms with E-state index in [4.69, 9.17) is 4.74 Å². The lowest BCUT2D eigenvalue weighted by atomic mass is 10.0. The molecule has 1 saturated heterocycles. The number of sulfonamides is 1. The predicted octanol–water partition coefficient (Wildman–Crippen LogP) is 4.51. The summed E-state index contributed by atoms with van der Waals surface area (Å²) in [5.74, 6) is 0. The number of benzene rings is 3. The van der Waals surface area contributed by atoms with Crippen LogP contribution in [0.1, 0.15) is 23.7 Å². The quantitative estimate of drug-likeness (QED) is 0.649. The average molecular weight is 394 g/mol. The Labute approximate surface area is 165 Å². The van der Waals surface area contributed by atoms with Gasteiger partial charge >= 0.3 is 0 Å². The molecule has 144 valence electrons. The minimum atomic E-state index is -3.49. The molecular weight excluding hydrogens is 370 g/mol. The van der Waals surface area contributed by atoms with Gasteiger partial charge in [0.1, 0.15) is 0 Å². The van der Waals surface area contributed by atoms with E-state index in [0.29, 0.717) is 6.61 Å². The van der Waals surface area contributed by atoms with E-state index in [2.05, 4.69) is 35.1 Å². The van der Waals surface area contributed by atoms with E-state index >= 15 is 0 Å². The van der Waals surface area contributed by atoms with Gasteiger partial charge in [-0.2, -0.15) is 0 Å². The second kappa shape index (κ2) is 7.87. The Morgan fingerprint density at radius 3 is 2.57 bits per heavy atom. The molecule has 1 fully saturated rings. The summed E-state index contributed by atoms with van der Waals surface area (Å²) in [6.07, 6.45) is 2.72. The highest BCUT2D eigenvalue weighted by atomic mass is 32.2. The first-order chi connectivity index (χ1) is 13.5. The third-order valence-electron chi connectivity index (χ3n) is 5.06. The van der Waals surface area contributed by atoms with E-state index in [1.54, 1.807) is 24.3 Å². The Hall–Kier alpha value is -2.47. The van der Waals surface area contributed by atoms with Crippen molar-refractivity contribution in [3.63, 3.8) is 0 Å². The van der Waals surface area contributed by atoms with Crippen LogP contribution in [0.25, 0.3) is 10.8 Å². The maximum absolute atomic E-state index is 12.4. The molecule has 3 aromatic carbocycles. The van der Waals surface area contributed by atoms with Crippen LogP contribution in [0.4, 0.5) is 0 Å². The number of nitrogens with one attached hydrogen (secondary N) is 1. The zero-order valence-corrected chi connectivity index (χ0v) is 16.6. The Bertz CT molecular complexity index is 1120. The molecule has 0 spiro atoms. The molecule has 28 heavy (non-hydrogen) atoms. The van der Waals surface area contributed by atoms with Crippen LogP contribution in [-0.2, 0) is 14.8 Å². The summed E-state index contributed by atoms with van der Waals surface area (Å²) in [5.41, 5.74) is 3.30. The highest BCUT2D eigenvalue weighted by Gasteiger charge is 2.22. The second-order valence-corrected chi connectivity index (χ2v) is 8.90. The van der Waals surface area contributed by atoms with Gasteiger partial charge in [-0.25, -0.2) is 13.1 Å². The first kappa shape index (κ1) is 18.9. The van der Waals surface area contributed by atoms with Gasteiger partial charge in [0.25, 0.3) is 0 Å². The molecule has 1 aliphatic rings. The van der Waals surface area contributed by atoms with Gasteiger partial charge in [-0.1, -0.05) is 60.2 Å². The molecule has 0 radical (unpaired) electrons. The third kappa shape index (κ3) is 4.17. The van der Waals surface area contributed by atoms with Crippen molar-refractivity contribution >= 4 is 20.8 Å². The minimum absolute atomic E-state index is 0.0181. The fourth-order valence-corrected chi connectivity index (χ4v) is 4.39. The van der Waals surface area contributed by atoms with Crippen LogP contribution in [0.2, 0.25) is 0 Å². The van der Waals surface area contributed by atoms with Crippen LogP contribution in [0.3, 0.4) is 0 Å². The molecule has 4 nitrogen and oxygen atoms in total. The highest BCUT2D eigenvalue weighted by Crippen LogP contribution is 2.33. The predicted molar refractivity (Wildman–Crippen MR) is 112 cm³/mol. The summed E-state index contributed by atoms with van der Waals surface area (Å²) >= 11 is 0. The highest BCUT2D eigenvalue weighted by molar-refractivity contribution is 7.89. The van der Waals surface area contributed by atoms with E-state index in [9.17, 15) is 8.42 Å². The van der Waals surface area contributed by atoms with Crippen molar-refractivity contribution in [3.05, 3.63) is 89.5 Å². The zero-order valence-electron chi connectivity index (χ0n) is 15.8. The van der Waals surface area contributed by atoms with E-state index in [0.717, 1.165) is 23.1 Å². The Morgan fingerprint density at radius 2 is 1.79 bits per heavy atom. The van der Waals surface area contributed by atoms with Crippen LogP contribution in [0, 0.1) is 6.92 Å². The van der Waals surface area contributed by atoms with Gasteiger partial charge < -0.3 is 4.74 Å². The zero-order chi connectivity index (χ0) is 19.6. The van der Waals surface area contributed by atoms with E-state index < -0.39 is 10.0 Å². The maximum Gasteiger partial charge on any atom is 0.240 e. The Balaban J connectivity index is 1.39. The number of fused-ring (bicyclic) bond motifs is 1. The molecular formula is C23H23NO3S. The summed E-state index contributed by atoms with van der Waals surface area (Å²) in [6, 6.07) is 21.5. The van der Waals surface area contributed by atoms with Crippen molar-refractivity contribution in [2.75, 3.05) is 13.2 Å². The molecule has 0 aromatic heterocycles. The topological polar surface area (TPSA) is 55.4 Å². The smallest absolute Gasteiger partial charge is 0.240 e. The van der Waals surface area contributed by atoms with Crippen LogP contribution < -0.4 is 4.72 Å². The summed E-state index contributed by atoms with van der Waals surface area (Å²) < 4.78 is 33.3. The van der Waals surface area contributed by atoms with Gasteiger partial charge in [-0.3, -0.25) is 0 Å². The van der Waals surface area contributed by atoms with Crippen LogP contribution >= 0.6 is 0 Å². The average Bonchev–Trinajstić information content (AvgIpc) is 3.17. The van der Waals surface area contributed by atoms with E-state index in [1.807, 2.05) is 25.1 Å². The van der Waals surface area contributed by atoms with Crippen LogP contribution in [-0.4, -0.2) is 21.6 Å². The van der Waals surface area contributed by atoms with Crippen molar-refractivity contribution in [2.45, 2.75) is 24.3 Å². The van der Waals surface area contributed by atoms with Crippen molar-refractivity contribution in [2.24, 2.45) is 0 Å². The number of rotatable bonds is 5. The molecule has 0 unspecified atom stereocenters. The Morgan fingerprint density at radius 1 is 1.04 bits per heavy atom. The number of aryl methyl sites for hydroxylation is 1. The van der Waals surface area contributed by atoms with E-state index in [-0.39, 0.29) is 17.5 Å². The fourth-order valence-electron chi connectivity index (χ4n) is 3.42. The third-order valence-corrected chi connectivity index (χ3v) is 6.50. The number of ether oxygens (including phenoxy) is 1. The fraction of sp³-hybridized carbons (Fsp3) is 0.217. The van der Waals surface area contributed by atoms with Gasteiger partial charge in [0.2, 0.25) is 10.0 Å². The summed E-state index contributed by atoms with van der Waals surface area (Å²) in [4.78, 5) is 0.285. The maximum atomic E-state index is 12.4. The first-order valence-corrected chi connectivity index (χ1v) is 10.8. The van der Waals surface area contributed by atoms with Gasteiger partial charge in [-0.15, -0.1) is 0 Å². The van der Waals surface area contributed by atoms with Gasteiger partial charge in [-0.05, 0) is 47.0 Å². The molecule has 0 aliphatic carbocycles. The van der Waals surface area contributed by atoms with Crippen molar-refractivity contribution in [1.82, 2.24) is 4.72 Å². The van der Waals surface area contributed by atoms with Crippen LogP contribution in [0.15, 0.2) is 83.3 Å². The molecule has 3 aromatic rings. The summed E-state index contributed by atoms with van der Waals surface area (Å²) in [7, 11) is -3.49. The monoisotopic (exact) mass is 393 g/mol. The molecule has 1 N–H and O–H groups in total. The molecule has 0 amide bonds. The lowest BCUT2D eigenvalue weighted by Crippen LogP contribution is -2.24. The number of hydrogen-bond donors (Lipinski definition) is 1. The summed E-state index contributed by atoms with van der Waals surface area (Å²) in [5, 5.41) is 2.41. The van der Waals surface area contributed by atoms with Gasteiger partial charge in [0, 0.05) is 13.0 Å². The molecule has 4 rings (SSSR count). The normalized spacial score (nSPS) is 18.8. The molecule has 5 heteroatoms. The molecule has 1 aliphatic heterocycles. The van der Waals surface area contributed by atoms with Gasteiger partial charge in [0.05, 0.1) is 17.6 Å². The lowest BCUT2D eigenvalue weighted by molar-refractivity contribution is 0.115. The standard InChI is InChI=1S/C23H23NO3S/c1-17-6-10-22(11-7-17)28(25,26)24-13-12-18-14-23(27-16-18)21-9-8-19-4-2-3-5-20(19)15-21/h2-12,15,23-24H,13-14,16H2,1H3/b18-12-/t23-/m0/s1. The molecule has 0 saturated carbocycles. The van der Waals surface area contributed by atoms with Crippen LogP contribution in [0.5, 0.6) is 0 Å². The summed E-state index contributed by atoms with van der Waals surface area (Å²) in [6.45, 7) is 2.73. The Kier molecular flexibility index (Phi) is 5.31. The van der Waals surface area contributed by atoms with Crippen molar-refractivity contribution in [1.29, 1.82) is 0 Å². The molecule has 1 heterocycles. The van der Waals surface area contributed by atoms with Gasteiger partial charge in [0.15, 0.2) is 0 Å². The van der Waals surface area contributed by atoms with Crippen molar-refractivity contribution < 1.29 is 13.2 Å². The van der Waals surface area contributed by atoms with E-state index in [1.165, 1.54) is 10.8 Å². The van der Waals surface area contributed by atoms with Crippen molar-refractivity contribution in [3.8, 4) is 0 Å². The SMILES string of the molecule is Cc1ccc(S(=O)(=O)NC/C=C2\CO[C@H](c3ccc4ccccc4c3)C2)cc1. The number of hydrogen-bond acceptors (Lipinski definition) is 3. The largest absolute Gasteiger partial charge is 0.369 e.